The standard InChI is InChI=1S/C40H55ClN4O5S/c1-28-8-6-17-40(49-3,27-43-20-21-44-19-7-10-35(44)25-43)36-15-12-32(36)24-45-18-5-4-9-30-22-34(41)14-11-33(30)26-50-38-16-13-31(23-37(38)45)39(46)42-51(47,48)29(28)2/h6,11,13-14,16-17,22-23,28-29,32,35-36H,4-5,7-10,12,15,18-21,24-27H2,1-3H3,(H,42,46)/b17-6+/t28?,29-,32+,35+,36-,40+/m1/s1. The van der Waals surface area contributed by atoms with E-state index >= 15 is 0 Å². The first-order chi connectivity index (χ1) is 24.5. The second-order valence-electron chi connectivity index (χ2n) is 15.8. The zero-order valence-electron chi connectivity index (χ0n) is 30.5. The van der Waals surface area contributed by atoms with Crippen LogP contribution in [0.15, 0.2) is 48.6 Å². The number of amides is 1. The Hall–Kier alpha value is -2.63. The predicted molar refractivity (Wildman–Crippen MR) is 203 cm³/mol. The fourth-order valence-corrected chi connectivity index (χ4v) is 10.7. The van der Waals surface area contributed by atoms with Gasteiger partial charge in [-0.1, -0.05) is 36.7 Å². The number of aryl methyl sites for hydroxylation is 1. The number of hydrogen-bond donors (Lipinski definition) is 1. The Morgan fingerprint density at radius 2 is 1.84 bits per heavy atom. The molecule has 1 aliphatic carbocycles. The number of piperazine rings is 1. The highest BCUT2D eigenvalue weighted by atomic mass is 35.5. The second kappa shape index (κ2) is 15.4. The molecule has 2 bridgehead atoms. The number of ether oxygens (including phenoxy) is 2. The van der Waals surface area contributed by atoms with Crippen LogP contribution in [0.1, 0.15) is 80.3 Å². The van der Waals surface area contributed by atoms with Crippen LogP contribution in [0, 0.1) is 17.8 Å². The van der Waals surface area contributed by atoms with Gasteiger partial charge in [0.15, 0.2) is 0 Å². The molecule has 7 rings (SSSR count). The quantitative estimate of drug-likeness (QED) is 0.368. The summed E-state index contributed by atoms with van der Waals surface area (Å²) in [4.78, 5) is 21.3. The van der Waals surface area contributed by atoms with Crippen LogP contribution in [-0.4, -0.2) is 93.9 Å². The summed E-state index contributed by atoms with van der Waals surface area (Å²) in [6.45, 7) is 10.8. The predicted octanol–water partition coefficient (Wildman–Crippen LogP) is 6.30. The molecule has 2 saturated heterocycles. The van der Waals surface area contributed by atoms with E-state index in [2.05, 4.69) is 31.6 Å². The van der Waals surface area contributed by atoms with Gasteiger partial charge < -0.3 is 14.4 Å². The van der Waals surface area contributed by atoms with Crippen LogP contribution >= 0.6 is 11.6 Å². The van der Waals surface area contributed by atoms with Crippen LogP contribution in [0.3, 0.4) is 0 Å². The molecule has 2 aromatic rings. The SMILES string of the molecule is CO[C@]1(CN2CCN3CCC[C@H]3C2)/C=C/CC(C)[C@@H](C)S(=O)(=O)NC(=O)c2ccc3c(c2)N(CCCCc2cc(Cl)ccc2CO3)C[C@@H]2CC[C@H]21. The lowest BCUT2D eigenvalue weighted by Gasteiger charge is -2.52. The summed E-state index contributed by atoms with van der Waals surface area (Å²) in [5.41, 5.74) is 2.93. The number of carbonyl (C=O) groups excluding carboxylic acids is 1. The first-order valence-corrected chi connectivity index (χ1v) is 21.0. The average Bonchev–Trinajstić information content (AvgIpc) is 3.56. The zero-order chi connectivity index (χ0) is 35.8. The molecule has 1 amide bonds. The molecule has 278 valence electrons. The van der Waals surface area contributed by atoms with E-state index in [1.54, 1.807) is 13.0 Å². The number of nitrogens with zero attached hydrogens (tertiary/aromatic N) is 3. The van der Waals surface area contributed by atoms with E-state index in [0.717, 1.165) is 87.6 Å². The highest BCUT2D eigenvalue weighted by Gasteiger charge is 2.49. The van der Waals surface area contributed by atoms with E-state index in [1.807, 2.05) is 44.4 Å². The number of sulfonamides is 1. The third-order valence-corrected chi connectivity index (χ3v) is 14.8. The Balaban J connectivity index is 1.26. The van der Waals surface area contributed by atoms with Gasteiger partial charge in [0.05, 0.1) is 10.9 Å². The fraction of sp³-hybridized carbons (Fsp3) is 0.625. The molecule has 0 spiro atoms. The number of nitrogens with one attached hydrogen (secondary N) is 1. The number of methoxy groups -OCH3 is 1. The minimum Gasteiger partial charge on any atom is -0.487 e. The van der Waals surface area contributed by atoms with Gasteiger partial charge in [0.1, 0.15) is 18.0 Å². The third-order valence-electron chi connectivity index (χ3n) is 12.7. The Kier molecular flexibility index (Phi) is 11.1. The van der Waals surface area contributed by atoms with Gasteiger partial charge in [0.2, 0.25) is 10.0 Å². The summed E-state index contributed by atoms with van der Waals surface area (Å²) in [6.07, 6.45) is 12.6. The summed E-state index contributed by atoms with van der Waals surface area (Å²) < 4.78 is 42.8. The summed E-state index contributed by atoms with van der Waals surface area (Å²) in [5, 5.41) is -0.0441. The summed E-state index contributed by atoms with van der Waals surface area (Å²) in [5.74, 6) is 0.533. The normalized spacial score (nSPS) is 32.6. The van der Waals surface area contributed by atoms with Gasteiger partial charge in [-0.2, -0.15) is 0 Å². The number of carbonyl (C=O) groups is 1. The lowest BCUT2D eigenvalue weighted by molar-refractivity contribution is -0.0973. The van der Waals surface area contributed by atoms with E-state index < -0.39 is 26.8 Å². The van der Waals surface area contributed by atoms with E-state index in [9.17, 15) is 13.2 Å². The van der Waals surface area contributed by atoms with Crippen LogP contribution in [0.25, 0.3) is 0 Å². The van der Waals surface area contributed by atoms with Crippen LogP contribution in [0.5, 0.6) is 5.75 Å². The zero-order valence-corrected chi connectivity index (χ0v) is 32.1. The third kappa shape index (κ3) is 7.86. The molecular formula is C40H55ClN4O5S. The van der Waals surface area contributed by atoms with E-state index in [4.69, 9.17) is 21.1 Å². The molecule has 1 saturated carbocycles. The van der Waals surface area contributed by atoms with Crippen molar-refractivity contribution in [3.63, 3.8) is 0 Å². The van der Waals surface area contributed by atoms with Gasteiger partial charge in [-0.15, -0.1) is 0 Å². The summed E-state index contributed by atoms with van der Waals surface area (Å²) in [7, 11) is -2.08. The van der Waals surface area contributed by atoms with Crippen LogP contribution in [0.2, 0.25) is 5.02 Å². The summed E-state index contributed by atoms with van der Waals surface area (Å²) >= 11 is 6.40. The maximum absolute atomic E-state index is 13.6. The van der Waals surface area contributed by atoms with Crippen LogP contribution in [-0.2, 0) is 27.8 Å². The van der Waals surface area contributed by atoms with Crippen molar-refractivity contribution in [2.24, 2.45) is 17.8 Å². The minimum atomic E-state index is -3.94. The Morgan fingerprint density at radius 1 is 0.980 bits per heavy atom. The molecule has 5 aliphatic rings. The molecule has 2 aromatic carbocycles. The molecule has 3 fully saturated rings. The van der Waals surface area contributed by atoms with Crippen molar-refractivity contribution in [1.29, 1.82) is 0 Å². The van der Waals surface area contributed by atoms with Gasteiger partial charge in [0.25, 0.3) is 5.91 Å². The lowest BCUT2D eigenvalue weighted by atomic mass is 9.63. The maximum Gasteiger partial charge on any atom is 0.264 e. The van der Waals surface area contributed by atoms with E-state index in [1.165, 1.54) is 24.9 Å². The Labute approximate surface area is 309 Å². The maximum atomic E-state index is 13.6. The highest BCUT2D eigenvalue weighted by molar-refractivity contribution is 7.90. The molecule has 4 heterocycles. The number of fused-ring (bicyclic) bond motifs is 4. The van der Waals surface area contributed by atoms with Gasteiger partial charge in [-0.05, 0) is 124 Å². The highest BCUT2D eigenvalue weighted by Crippen LogP contribution is 2.47. The van der Waals surface area contributed by atoms with E-state index in [0.29, 0.717) is 42.2 Å². The van der Waals surface area contributed by atoms with Crippen LogP contribution in [0.4, 0.5) is 5.69 Å². The number of halogens is 1. The van der Waals surface area contributed by atoms with Crippen molar-refractivity contribution in [2.75, 3.05) is 57.8 Å². The van der Waals surface area contributed by atoms with Crippen molar-refractivity contribution >= 4 is 33.2 Å². The largest absolute Gasteiger partial charge is 0.487 e. The Morgan fingerprint density at radius 3 is 2.65 bits per heavy atom. The fourth-order valence-electron chi connectivity index (χ4n) is 9.18. The number of anilines is 1. The van der Waals surface area contributed by atoms with Crippen molar-refractivity contribution in [1.82, 2.24) is 14.5 Å². The van der Waals surface area contributed by atoms with Crippen molar-refractivity contribution < 1.29 is 22.7 Å². The Bertz CT molecular complexity index is 1720. The van der Waals surface area contributed by atoms with Crippen LogP contribution < -0.4 is 14.4 Å². The number of hydrogen-bond acceptors (Lipinski definition) is 8. The monoisotopic (exact) mass is 738 g/mol. The molecule has 1 unspecified atom stereocenters. The van der Waals surface area contributed by atoms with Crippen molar-refractivity contribution in [3.8, 4) is 5.75 Å². The number of allylic oxidation sites excluding steroid dienone is 1. The lowest BCUT2D eigenvalue weighted by Crippen LogP contribution is -2.59. The topological polar surface area (TPSA) is 91.4 Å². The molecule has 51 heavy (non-hydrogen) atoms. The van der Waals surface area contributed by atoms with Crippen molar-refractivity contribution in [3.05, 3.63) is 70.3 Å². The average molecular weight is 739 g/mol. The number of benzene rings is 2. The van der Waals surface area contributed by atoms with Crippen molar-refractivity contribution in [2.45, 2.75) is 88.7 Å². The summed E-state index contributed by atoms with van der Waals surface area (Å²) in [6, 6.07) is 11.9. The molecule has 0 aromatic heterocycles. The molecule has 0 radical (unpaired) electrons. The van der Waals surface area contributed by atoms with Gasteiger partial charge in [0, 0.05) is 63.0 Å². The van der Waals surface area contributed by atoms with E-state index in [-0.39, 0.29) is 5.92 Å². The smallest absolute Gasteiger partial charge is 0.264 e. The molecule has 9 nitrogen and oxygen atoms in total. The van der Waals surface area contributed by atoms with Gasteiger partial charge in [-0.3, -0.25) is 14.6 Å². The van der Waals surface area contributed by atoms with Gasteiger partial charge in [-0.25, -0.2) is 13.1 Å². The van der Waals surface area contributed by atoms with Gasteiger partial charge >= 0.3 is 0 Å². The molecule has 4 aliphatic heterocycles. The first kappa shape index (κ1) is 36.7. The molecule has 1 N–H and O–H groups in total. The molecular weight excluding hydrogens is 684 g/mol. The molecule has 6 atom stereocenters. The second-order valence-corrected chi connectivity index (χ2v) is 18.2. The first-order valence-electron chi connectivity index (χ1n) is 19.1. The number of rotatable bonds is 3. The molecule has 11 heteroatoms. The minimum absolute atomic E-state index is 0.206.